The van der Waals surface area contributed by atoms with Crippen LogP contribution in [0, 0.1) is 11.8 Å². The fourth-order valence-electron chi connectivity index (χ4n) is 4.10. The third-order valence-electron chi connectivity index (χ3n) is 6.56. The number of aromatic nitrogens is 1. The van der Waals surface area contributed by atoms with E-state index in [9.17, 15) is 24.3 Å². The number of nitrogens with two attached hydrogens (primary N) is 2. The number of carbonyl (C=O) groups excluding carboxylic acids is 3. The molecule has 0 radical (unpaired) electrons. The van der Waals surface area contributed by atoms with Crippen molar-refractivity contribution in [1.82, 2.24) is 20.9 Å². The van der Waals surface area contributed by atoms with Crippen LogP contribution in [0.4, 0.5) is 0 Å². The van der Waals surface area contributed by atoms with Crippen molar-refractivity contribution in [2.75, 3.05) is 6.54 Å². The van der Waals surface area contributed by atoms with Gasteiger partial charge in [0.25, 0.3) is 0 Å². The molecule has 0 spiro atoms. The van der Waals surface area contributed by atoms with E-state index in [4.69, 9.17) is 11.5 Å². The maximum Gasteiger partial charge on any atom is 0.326 e. The minimum Gasteiger partial charge on any atom is -0.480 e. The minimum atomic E-state index is -1.16. The van der Waals surface area contributed by atoms with Crippen LogP contribution in [-0.2, 0) is 25.6 Å². The van der Waals surface area contributed by atoms with Crippen molar-refractivity contribution in [1.29, 1.82) is 0 Å². The molecule has 0 saturated carbocycles. The number of hydrogen-bond donors (Lipinski definition) is 7. The van der Waals surface area contributed by atoms with Crippen molar-refractivity contribution in [3.63, 3.8) is 0 Å². The number of carbonyl (C=O) groups is 4. The predicted octanol–water partition coefficient (Wildman–Crippen LogP) is 1.02. The number of rotatable bonds is 15. The van der Waals surface area contributed by atoms with Crippen molar-refractivity contribution in [3.8, 4) is 0 Å². The lowest BCUT2D eigenvalue weighted by molar-refractivity contribution is -0.142. The molecular formula is C27H42N6O5. The Balaban J connectivity index is 2.30. The summed E-state index contributed by atoms with van der Waals surface area (Å²) in [7, 11) is 0. The van der Waals surface area contributed by atoms with Gasteiger partial charge < -0.3 is 37.5 Å². The summed E-state index contributed by atoms with van der Waals surface area (Å²) in [4.78, 5) is 54.3. The highest BCUT2D eigenvalue weighted by molar-refractivity contribution is 5.95. The number of aliphatic carboxylic acids is 1. The van der Waals surface area contributed by atoms with Gasteiger partial charge in [0, 0.05) is 23.5 Å². The highest BCUT2D eigenvalue weighted by atomic mass is 16.4. The molecule has 210 valence electrons. The molecule has 38 heavy (non-hydrogen) atoms. The van der Waals surface area contributed by atoms with Crippen molar-refractivity contribution in [2.24, 2.45) is 23.3 Å². The van der Waals surface area contributed by atoms with Crippen LogP contribution >= 0.6 is 0 Å². The van der Waals surface area contributed by atoms with Crippen LogP contribution in [0.2, 0.25) is 0 Å². The smallest absolute Gasteiger partial charge is 0.326 e. The van der Waals surface area contributed by atoms with E-state index in [1.54, 1.807) is 20.0 Å². The molecule has 11 heteroatoms. The lowest BCUT2D eigenvalue weighted by Crippen LogP contribution is -2.59. The van der Waals surface area contributed by atoms with Gasteiger partial charge >= 0.3 is 5.97 Å². The number of unbranched alkanes of at least 4 members (excludes halogenated alkanes) is 1. The van der Waals surface area contributed by atoms with E-state index in [0.717, 1.165) is 16.5 Å². The second-order valence-electron chi connectivity index (χ2n) is 10.3. The van der Waals surface area contributed by atoms with Crippen LogP contribution in [0.5, 0.6) is 0 Å². The number of nitrogens with one attached hydrogen (secondary N) is 4. The molecule has 4 atom stereocenters. The van der Waals surface area contributed by atoms with Gasteiger partial charge in [0.2, 0.25) is 17.7 Å². The zero-order chi connectivity index (χ0) is 28.4. The van der Waals surface area contributed by atoms with Crippen LogP contribution in [0.3, 0.4) is 0 Å². The molecule has 9 N–H and O–H groups in total. The molecule has 2 rings (SSSR count). The molecule has 0 fully saturated rings. The summed E-state index contributed by atoms with van der Waals surface area (Å²) < 4.78 is 0. The largest absolute Gasteiger partial charge is 0.480 e. The summed E-state index contributed by atoms with van der Waals surface area (Å²) in [5, 5.41) is 18.6. The van der Waals surface area contributed by atoms with E-state index in [1.165, 1.54) is 0 Å². The first-order valence-corrected chi connectivity index (χ1v) is 13.1. The lowest BCUT2D eigenvalue weighted by atomic mass is 9.98. The van der Waals surface area contributed by atoms with E-state index in [1.807, 2.05) is 38.1 Å². The Hall–Kier alpha value is -3.44. The Labute approximate surface area is 223 Å². The highest BCUT2D eigenvalue weighted by Crippen LogP contribution is 2.19. The Bertz CT molecular complexity index is 1100. The second kappa shape index (κ2) is 14.5. The number of amides is 3. The van der Waals surface area contributed by atoms with E-state index < -0.39 is 47.9 Å². The van der Waals surface area contributed by atoms with Gasteiger partial charge in [-0.3, -0.25) is 14.4 Å². The van der Waals surface area contributed by atoms with Crippen LogP contribution in [0.1, 0.15) is 52.5 Å². The van der Waals surface area contributed by atoms with E-state index >= 15 is 0 Å². The summed E-state index contributed by atoms with van der Waals surface area (Å²) in [5.74, 6) is -3.23. The first kappa shape index (κ1) is 30.8. The average Bonchev–Trinajstić information content (AvgIpc) is 3.27. The fraction of sp³-hybridized carbons (Fsp3) is 0.556. The molecular weight excluding hydrogens is 488 g/mol. The van der Waals surface area contributed by atoms with Crippen molar-refractivity contribution >= 4 is 34.6 Å². The van der Waals surface area contributed by atoms with Gasteiger partial charge in [0.1, 0.15) is 18.1 Å². The SMILES string of the molecule is CC(C)C(N)C(=O)NC(C(=O)NC(Cc1c[nH]c2ccccc12)C(=O)NC(CCCCN)C(=O)O)C(C)C. The quantitative estimate of drug-likeness (QED) is 0.167. The molecule has 3 amide bonds. The van der Waals surface area contributed by atoms with Crippen molar-refractivity contribution in [3.05, 3.63) is 36.0 Å². The average molecular weight is 531 g/mol. The first-order chi connectivity index (χ1) is 18.0. The summed E-state index contributed by atoms with van der Waals surface area (Å²) >= 11 is 0. The summed E-state index contributed by atoms with van der Waals surface area (Å²) in [6.07, 6.45) is 3.25. The van der Waals surface area contributed by atoms with E-state index in [0.29, 0.717) is 19.4 Å². The summed E-state index contributed by atoms with van der Waals surface area (Å²) in [6.45, 7) is 7.59. The third kappa shape index (κ3) is 8.56. The molecule has 0 bridgehead atoms. The number of carboxylic acid groups (broad SMARTS) is 1. The standard InChI is InChI=1S/C27H42N6O5/c1-15(2)22(29)25(35)33-23(16(3)4)26(36)32-21(13-17-14-30-19-10-6-5-9-18(17)19)24(34)31-20(27(37)38)11-7-8-12-28/h5-6,9-10,14-16,20-23,30H,7-8,11-13,28-29H2,1-4H3,(H,31,34)(H,32,36)(H,33,35)(H,37,38). The van der Waals surface area contributed by atoms with Gasteiger partial charge in [0.15, 0.2) is 0 Å². The molecule has 0 aliphatic heterocycles. The number of aromatic amines is 1. The maximum absolute atomic E-state index is 13.4. The van der Waals surface area contributed by atoms with Gasteiger partial charge in [0.05, 0.1) is 6.04 Å². The fourth-order valence-corrected chi connectivity index (χ4v) is 4.10. The van der Waals surface area contributed by atoms with Crippen LogP contribution < -0.4 is 27.4 Å². The maximum atomic E-state index is 13.4. The number of benzene rings is 1. The van der Waals surface area contributed by atoms with Crippen LogP contribution in [-0.4, -0.2) is 64.5 Å². The Morgan fingerprint density at radius 1 is 0.895 bits per heavy atom. The monoisotopic (exact) mass is 530 g/mol. The third-order valence-corrected chi connectivity index (χ3v) is 6.56. The Morgan fingerprint density at radius 3 is 2.16 bits per heavy atom. The Morgan fingerprint density at radius 2 is 1.55 bits per heavy atom. The number of H-pyrrole nitrogens is 1. The molecule has 0 aliphatic carbocycles. The number of fused-ring (bicyclic) bond motifs is 1. The normalized spacial score (nSPS) is 14.6. The van der Waals surface area contributed by atoms with Gasteiger partial charge in [-0.25, -0.2) is 4.79 Å². The van der Waals surface area contributed by atoms with Gasteiger partial charge in [-0.05, 0) is 49.3 Å². The zero-order valence-electron chi connectivity index (χ0n) is 22.6. The number of hydrogen-bond acceptors (Lipinski definition) is 6. The predicted molar refractivity (Wildman–Crippen MR) is 146 cm³/mol. The molecule has 4 unspecified atom stereocenters. The van der Waals surface area contributed by atoms with Crippen molar-refractivity contribution < 1.29 is 24.3 Å². The summed E-state index contributed by atoms with van der Waals surface area (Å²) in [5.41, 5.74) is 13.1. The molecule has 0 saturated heterocycles. The lowest BCUT2D eigenvalue weighted by Gasteiger charge is -2.27. The van der Waals surface area contributed by atoms with Crippen LogP contribution in [0.25, 0.3) is 10.9 Å². The van der Waals surface area contributed by atoms with Gasteiger partial charge in [-0.15, -0.1) is 0 Å². The second-order valence-corrected chi connectivity index (χ2v) is 10.3. The molecule has 2 aromatic rings. The van der Waals surface area contributed by atoms with Crippen LogP contribution in [0.15, 0.2) is 30.5 Å². The van der Waals surface area contributed by atoms with E-state index in [2.05, 4.69) is 20.9 Å². The summed E-state index contributed by atoms with van der Waals surface area (Å²) in [6, 6.07) is 3.60. The minimum absolute atomic E-state index is 0.112. The van der Waals surface area contributed by atoms with Gasteiger partial charge in [-0.1, -0.05) is 45.9 Å². The van der Waals surface area contributed by atoms with Gasteiger partial charge in [-0.2, -0.15) is 0 Å². The highest BCUT2D eigenvalue weighted by Gasteiger charge is 2.32. The molecule has 0 aliphatic rings. The number of para-hydroxylation sites is 1. The molecule has 1 heterocycles. The first-order valence-electron chi connectivity index (χ1n) is 13.1. The zero-order valence-corrected chi connectivity index (χ0v) is 22.6. The topological polar surface area (TPSA) is 192 Å². The molecule has 1 aromatic heterocycles. The van der Waals surface area contributed by atoms with E-state index in [-0.39, 0.29) is 24.7 Å². The molecule has 1 aromatic carbocycles. The Kier molecular flexibility index (Phi) is 11.7. The number of carboxylic acids is 1. The molecule has 11 nitrogen and oxygen atoms in total. The van der Waals surface area contributed by atoms with Crippen molar-refractivity contribution in [2.45, 2.75) is 77.5 Å².